The number of thiol groups is 1. The van der Waals surface area contributed by atoms with Gasteiger partial charge in [-0.2, -0.15) is 8.42 Å². The molecule has 5 heteroatoms. The van der Waals surface area contributed by atoms with Crippen molar-refractivity contribution >= 4 is 23.0 Å². The van der Waals surface area contributed by atoms with Crippen LogP contribution < -0.4 is 0 Å². The van der Waals surface area contributed by atoms with Crippen molar-refractivity contribution in [2.45, 2.75) is 12.7 Å². The standard InChI is InChI=1S/C8H10O3S2/c1-7-4-2-3-5-8(7)6-13(9,10)11-12/h2-5,12H,6H2,1H3. The molecule has 1 aromatic carbocycles. The zero-order valence-corrected chi connectivity index (χ0v) is 8.81. The molecule has 3 nitrogen and oxygen atoms in total. The second-order valence-corrected chi connectivity index (χ2v) is 4.70. The van der Waals surface area contributed by atoms with Crippen LogP contribution in [0.15, 0.2) is 24.3 Å². The van der Waals surface area contributed by atoms with E-state index in [-0.39, 0.29) is 5.75 Å². The Hall–Kier alpha value is -0.520. The number of aryl methyl sites for hydroxylation is 1. The minimum Gasteiger partial charge on any atom is -0.201 e. The molecule has 0 saturated heterocycles. The summed E-state index contributed by atoms with van der Waals surface area (Å²) >= 11 is 3.28. The molecule has 0 aliphatic carbocycles. The van der Waals surface area contributed by atoms with Gasteiger partial charge in [0.15, 0.2) is 0 Å². The second-order valence-electron chi connectivity index (χ2n) is 2.70. The van der Waals surface area contributed by atoms with Crippen molar-refractivity contribution in [3.8, 4) is 0 Å². The molecule has 0 N–H and O–H groups in total. The lowest BCUT2D eigenvalue weighted by molar-refractivity contribution is 0.520. The van der Waals surface area contributed by atoms with Crippen LogP contribution in [0.2, 0.25) is 0 Å². The third kappa shape index (κ3) is 3.02. The fraction of sp³-hybridized carbons (Fsp3) is 0.250. The first-order chi connectivity index (χ1) is 6.05. The van der Waals surface area contributed by atoms with E-state index in [0.717, 1.165) is 11.1 Å². The van der Waals surface area contributed by atoms with Crippen molar-refractivity contribution < 1.29 is 12.0 Å². The summed E-state index contributed by atoms with van der Waals surface area (Å²) in [6.07, 6.45) is 0. The minimum absolute atomic E-state index is 0.136. The summed E-state index contributed by atoms with van der Waals surface area (Å²) in [5, 5.41) is 0. The molecule has 0 amide bonds. The van der Waals surface area contributed by atoms with Crippen LogP contribution in [0.4, 0.5) is 0 Å². The van der Waals surface area contributed by atoms with Crippen molar-refractivity contribution in [1.82, 2.24) is 0 Å². The van der Waals surface area contributed by atoms with Crippen molar-refractivity contribution in [3.05, 3.63) is 35.4 Å². The summed E-state index contributed by atoms with van der Waals surface area (Å²) in [6, 6.07) is 7.24. The summed E-state index contributed by atoms with van der Waals surface area (Å²) in [4.78, 5) is 0. The van der Waals surface area contributed by atoms with Gasteiger partial charge in [0.2, 0.25) is 0 Å². The van der Waals surface area contributed by atoms with E-state index in [0.29, 0.717) is 0 Å². The first-order valence-electron chi connectivity index (χ1n) is 3.65. The van der Waals surface area contributed by atoms with Crippen molar-refractivity contribution in [1.29, 1.82) is 0 Å². The predicted molar refractivity (Wildman–Crippen MR) is 53.9 cm³/mol. The van der Waals surface area contributed by atoms with E-state index < -0.39 is 10.1 Å². The topological polar surface area (TPSA) is 43.4 Å². The monoisotopic (exact) mass is 218 g/mol. The molecule has 0 radical (unpaired) electrons. The normalized spacial score (nSPS) is 11.5. The summed E-state index contributed by atoms with van der Waals surface area (Å²) in [5.41, 5.74) is 1.66. The molecule has 0 unspecified atom stereocenters. The average molecular weight is 218 g/mol. The maximum atomic E-state index is 11.0. The molecule has 1 rings (SSSR count). The number of rotatable bonds is 3. The SMILES string of the molecule is Cc1ccccc1CS(=O)(=O)OS. The van der Waals surface area contributed by atoms with Gasteiger partial charge in [0, 0.05) is 0 Å². The van der Waals surface area contributed by atoms with Gasteiger partial charge < -0.3 is 0 Å². The molecule has 1 aromatic rings. The fourth-order valence-corrected chi connectivity index (χ4v) is 1.90. The van der Waals surface area contributed by atoms with Crippen molar-refractivity contribution in [2.75, 3.05) is 0 Å². The Morgan fingerprint density at radius 1 is 1.38 bits per heavy atom. The molecular weight excluding hydrogens is 208 g/mol. The average Bonchev–Trinajstić information content (AvgIpc) is 2.09. The molecule has 0 aliphatic heterocycles. The van der Waals surface area contributed by atoms with Crippen molar-refractivity contribution in [2.24, 2.45) is 0 Å². The molecule has 0 spiro atoms. The molecule has 72 valence electrons. The lowest BCUT2D eigenvalue weighted by Gasteiger charge is -2.03. The Morgan fingerprint density at radius 3 is 2.54 bits per heavy atom. The van der Waals surface area contributed by atoms with Crippen LogP contribution in [0.25, 0.3) is 0 Å². The van der Waals surface area contributed by atoms with E-state index in [4.69, 9.17) is 0 Å². The van der Waals surface area contributed by atoms with E-state index in [1.165, 1.54) is 0 Å². The lowest BCUT2D eigenvalue weighted by atomic mass is 10.1. The third-order valence-electron chi connectivity index (χ3n) is 1.71. The van der Waals surface area contributed by atoms with Gasteiger partial charge in [-0.25, -0.2) is 3.63 Å². The lowest BCUT2D eigenvalue weighted by Crippen LogP contribution is -2.04. The Bertz CT molecular complexity index is 384. The molecule has 0 bridgehead atoms. The Labute approximate surface area is 83.5 Å². The van der Waals surface area contributed by atoms with Gasteiger partial charge in [0.25, 0.3) is 10.1 Å². The molecule has 0 saturated carbocycles. The fourth-order valence-electron chi connectivity index (χ4n) is 0.989. The summed E-state index contributed by atoms with van der Waals surface area (Å²) in [5.74, 6) is -0.136. The van der Waals surface area contributed by atoms with Gasteiger partial charge in [0.05, 0.1) is 0 Å². The van der Waals surface area contributed by atoms with Crippen LogP contribution in [0.5, 0.6) is 0 Å². The van der Waals surface area contributed by atoms with E-state index in [1.807, 2.05) is 19.1 Å². The highest BCUT2D eigenvalue weighted by atomic mass is 32.3. The van der Waals surface area contributed by atoms with Crippen LogP contribution >= 0.6 is 12.9 Å². The van der Waals surface area contributed by atoms with Crippen LogP contribution in [-0.2, 0) is 19.5 Å². The van der Waals surface area contributed by atoms with Gasteiger partial charge in [-0.05, 0) is 31.0 Å². The molecule has 0 atom stereocenters. The summed E-state index contributed by atoms with van der Waals surface area (Å²) < 4.78 is 26.1. The number of hydrogen-bond donors (Lipinski definition) is 1. The zero-order valence-electron chi connectivity index (χ0n) is 7.10. The Morgan fingerprint density at radius 2 is 2.00 bits per heavy atom. The van der Waals surface area contributed by atoms with Crippen LogP contribution in [-0.4, -0.2) is 8.42 Å². The number of benzene rings is 1. The van der Waals surface area contributed by atoms with Crippen LogP contribution in [0.1, 0.15) is 11.1 Å². The molecule has 0 aliphatic rings. The zero-order chi connectivity index (χ0) is 9.90. The number of hydrogen-bond acceptors (Lipinski definition) is 4. The van der Waals surface area contributed by atoms with Gasteiger partial charge in [0.1, 0.15) is 5.75 Å². The van der Waals surface area contributed by atoms with Gasteiger partial charge in [-0.1, -0.05) is 24.3 Å². The largest absolute Gasteiger partial charge is 0.282 e. The van der Waals surface area contributed by atoms with Crippen LogP contribution in [0.3, 0.4) is 0 Å². The Kier molecular flexibility index (Phi) is 3.35. The maximum Gasteiger partial charge on any atom is 0.282 e. The van der Waals surface area contributed by atoms with E-state index in [1.54, 1.807) is 12.1 Å². The highest BCUT2D eigenvalue weighted by molar-refractivity contribution is 7.95. The minimum atomic E-state index is -3.53. The third-order valence-corrected chi connectivity index (χ3v) is 3.28. The highest BCUT2D eigenvalue weighted by Crippen LogP contribution is 2.12. The van der Waals surface area contributed by atoms with Gasteiger partial charge in [-0.3, -0.25) is 0 Å². The van der Waals surface area contributed by atoms with Crippen LogP contribution in [0, 0.1) is 6.92 Å². The van der Waals surface area contributed by atoms with Gasteiger partial charge >= 0.3 is 0 Å². The first-order valence-corrected chi connectivity index (χ1v) is 5.59. The maximum absolute atomic E-state index is 11.0. The highest BCUT2D eigenvalue weighted by Gasteiger charge is 2.11. The van der Waals surface area contributed by atoms with Crippen molar-refractivity contribution in [3.63, 3.8) is 0 Å². The molecule has 0 fully saturated rings. The predicted octanol–water partition coefficient (Wildman–Crippen LogP) is 1.69. The summed E-state index contributed by atoms with van der Waals surface area (Å²) in [7, 11) is -3.53. The molecule has 0 aromatic heterocycles. The molecule has 13 heavy (non-hydrogen) atoms. The van der Waals surface area contributed by atoms with Gasteiger partial charge in [-0.15, -0.1) is 0 Å². The first kappa shape index (κ1) is 10.6. The van der Waals surface area contributed by atoms with E-state index in [9.17, 15) is 8.42 Å². The smallest absolute Gasteiger partial charge is 0.201 e. The molecule has 0 heterocycles. The van der Waals surface area contributed by atoms with E-state index >= 15 is 0 Å². The summed E-state index contributed by atoms with van der Waals surface area (Å²) in [6.45, 7) is 1.85. The second kappa shape index (κ2) is 4.13. The molecular formula is C8H10O3S2. The Balaban J connectivity index is 2.93. The quantitative estimate of drug-likeness (QED) is 0.620. The van der Waals surface area contributed by atoms with E-state index in [2.05, 4.69) is 16.5 Å².